The van der Waals surface area contributed by atoms with Gasteiger partial charge in [0, 0.05) is 5.38 Å². The fourth-order valence-corrected chi connectivity index (χ4v) is 4.48. The van der Waals surface area contributed by atoms with Gasteiger partial charge >= 0.3 is 10.3 Å². The van der Waals surface area contributed by atoms with E-state index in [9.17, 15) is 17.2 Å². The van der Waals surface area contributed by atoms with Crippen molar-refractivity contribution in [2.24, 2.45) is 0 Å². The van der Waals surface area contributed by atoms with Crippen LogP contribution in [0.3, 0.4) is 0 Å². The van der Waals surface area contributed by atoms with E-state index in [0.717, 1.165) is 28.8 Å². The lowest BCUT2D eigenvalue weighted by atomic mass is 10.1. The van der Waals surface area contributed by atoms with Crippen LogP contribution in [0.15, 0.2) is 47.8 Å². The molecular weight excluding hydrogens is 444 g/mol. The van der Waals surface area contributed by atoms with Gasteiger partial charge in [-0.1, -0.05) is 25.1 Å². The molecule has 10 heteroatoms. The summed E-state index contributed by atoms with van der Waals surface area (Å²) in [6.07, 6.45) is 1.95. The molecule has 0 saturated heterocycles. The minimum absolute atomic E-state index is 0.101. The van der Waals surface area contributed by atoms with Gasteiger partial charge in [-0.05, 0) is 61.2 Å². The van der Waals surface area contributed by atoms with Crippen LogP contribution < -0.4 is 10.0 Å². The van der Waals surface area contributed by atoms with E-state index in [0.29, 0.717) is 24.9 Å². The molecule has 0 bridgehead atoms. The molecule has 3 rings (SSSR count). The molecule has 1 atom stereocenters. The predicted molar refractivity (Wildman–Crippen MR) is 118 cm³/mol. The third-order valence-electron chi connectivity index (χ3n) is 4.66. The van der Waals surface area contributed by atoms with Crippen LogP contribution in [-0.2, 0) is 29.6 Å². The number of hydrogen-bond donors (Lipinski definition) is 3. The van der Waals surface area contributed by atoms with E-state index < -0.39 is 21.9 Å². The summed E-state index contributed by atoms with van der Waals surface area (Å²) in [5, 5.41) is 6.37. The molecule has 1 aromatic heterocycles. The minimum atomic E-state index is -4.32. The van der Waals surface area contributed by atoms with Gasteiger partial charge < -0.3 is 5.32 Å². The molecule has 3 aromatic rings. The van der Waals surface area contributed by atoms with Crippen molar-refractivity contribution in [1.82, 2.24) is 10.3 Å². The zero-order valence-corrected chi connectivity index (χ0v) is 18.4. The standard InChI is InChI=1S/C21H23F2N3O3S2/c1-2-16-13-30-21(25-16)20(24-10-9-15-5-8-18(22)19(23)11-15)12-14-3-6-17(7-4-14)26-31(27,28)29/h3-8,11,13,20,24,26H,2,9-10,12H2,1H3,(H,27,28,29)/t20-/m0/s1. The molecule has 0 unspecified atom stereocenters. The highest BCUT2D eigenvalue weighted by Gasteiger charge is 2.16. The van der Waals surface area contributed by atoms with Crippen molar-refractivity contribution in [3.63, 3.8) is 0 Å². The maximum atomic E-state index is 13.4. The van der Waals surface area contributed by atoms with E-state index in [1.54, 1.807) is 41.7 Å². The zero-order valence-electron chi connectivity index (χ0n) is 16.8. The Morgan fingerprint density at radius 3 is 2.42 bits per heavy atom. The van der Waals surface area contributed by atoms with E-state index in [2.05, 4.69) is 10.3 Å². The average Bonchev–Trinajstić information content (AvgIpc) is 3.19. The van der Waals surface area contributed by atoms with E-state index in [-0.39, 0.29) is 11.7 Å². The summed E-state index contributed by atoms with van der Waals surface area (Å²) in [5.74, 6) is -1.73. The van der Waals surface area contributed by atoms with Gasteiger partial charge in [0.25, 0.3) is 0 Å². The van der Waals surface area contributed by atoms with Crippen LogP contribution in [-0.4, -0.2) is 24.5 Å². The highest BCUT2D eigenvalue weighted by molar-refractivity contribution is 7.87. The fourth-order valence-electron chi connectivity index (χ4n) is 3.07. The Labute approximate surface area is 184 Å². The number of halogens is 2. The van der Waals surface area contributed by atoms with E-state index in [1.807, 2.05) is 17.0 Å². The number of benzene rings is 2. The molecule has 1 heterocycles. The third kappa shape index (κ3) is 7.06. The van der Waals surface area contributed by atoms with Crippen molar-refractivity contribution in [3.05, 3.63) is 81.3 Å². The Balaban J connectivity index is 1.69. The van der Waals surface area contributed by atoms with E-state index in [1.165, 1.54) is 6.07 Å². The monoisotopic (exact) mass is 467 g/mol. The number of hydrogen-bond acceptors (Lipinski definition) is 5. The number of nitrogens with zero attached hydrogens (tertiary/aromatic N) is 1. The lowest BCUT2D eigenvalue weighted by Crippen LogP contribution is -2.25. The summed E-state index contributed by atoms with van der Waals surface area (Å²) in [6.45, 7) is 2.57. The average molecular weight is 468 g/mol. The van der Waals surface area contributed by atoms with Gasteiger partial charge in [0.1, 0.15) is 5.01 Å². The third-order valence-corrected chi connectivity index (χ3v) is 6.16. The number of aryl methyl sites for hydroxylation is 1. The molecule has 0 saturated carbocycles. The van der Waals surface area contributed by atoms with E-state index >= 15 is 0 Å². The minimum Gasteiger partial charge on any atom is -0.307 e. The second-order valence-corrected chi connectivity index (χ2v) is 9.06. The quantitative estimate of drug-likeness (QED) is 0.387. The number of rotatable bonds is 10. The second-order valence-electron chi connectivity index (χ2n) is 7.01. The zero-order chi connectivity index (χ0) is 22.4. The van der Waals surface area contributed by atoms with Crippen molar-refractivity contribution in [3.8, 4) is 0 Å². The fraction of sp³-hybridized carbons (Fsp3) is 0.286. The molecule has 3 N–H and O–H groups in total. The first-order chi connectivity index (χ1) is 14.7. The van der Waals surface area contributed by atoms with Gasteiger partial charge in [-0.25, -0.2) is 13.8 Å². The van der Waals surface area contributed by atoms with Crippen molar-refractivity contribution >= 4 is 27.3 Å². The molecule has 0 fully saturated rings. The summed E-state index contributed by atoms with van der Waals surface area (Å²) < 4.78 is 59.3. The summed E-state index contributed by atoms with van der Waals surface area (Å²) in [4.78, 5) is 4.66. The van der Waals surface area contributed by atoms with Gasteiger partial charge in [0.2, 0.25) is 0 Å². The first-order valence-corrected chi connectivity index (χ1v) is 12.0. The second kappa shape index (κ2) is 10.3. The molecule has 0 radical (unpaired) electrons. The maximum absolute atomic E-state index is 13.4. The van der Waals surface area contributed by atoms with Gasteiger partial charge in [0.05, 0.1) is 17.4 Å². The molecule has 0 aliphatic heterocycles. The van der Waals surface area contributed by atoms with Crippen LogP contribution in [0.5, 0.6) is 0 Å². The van der Waals surface area contributed by atoms with Crippen LogP contribution in [0.2, 0.25) is 0 Å². The number of anilines is 1. The largest absolute Gasteiger partial charge is 0.357 e. The number of aromatic nitrogens is 1. The Kier molecular flexibility index (Phi) is 7.71. The molecule has 2 aromatic carbocycles. The van der Waals surface area contributed by atoms with Gasteiger partial charge in [0.15, 0.2) is 11.6 Å². The smallest absolute Gasteiger partial charge is 0.307 e. The predicted octanol–water partition coefficient (Wildman–Crippen LogP) is 4.31. The van der Waals surface area contributed by atoms with Crippen molar-refractivity contribution < 1.29 is 21.8 Å². The van der Waals surface area contributed by atoms with Crippen LogP contribution in [0.4, 0.5) is 14.5 Å². The molecule has 6 nitrogen and oxygen atoms in total. The van der Waals surface area contributed by atoms with Gasteiger partial charge in [-0.15, -0.1) is 11.3 Å². The molecular formula is C21H23F2N3O3S2. The summed E-state index contributed by atoms with van der Waals surface area (Å²) in [7, 11) is -4.32. The normalized spacial score (nSPS) is 12.6. The van der Waals surface area contributed by atoms with Gasteiger partial charge in [-0.3, -0.25) is 9.27 Å². The molecule has 0 amide bonds. The summed E-state index contributed by atoms with van der Waals surface area (Å²) >= 11 is 1.56. The molecule has 0 spiro atoms. The Morgan fingerprint density at radius 1 is 1.10 bits per heavy atom. The van der Waals surface area contributed by atoms with Crippen LogP contribution >= 0.6 is 11.3 Å². The highest BCUT2D eigenvalue weighted by Crippen LogP contribution is 2.24. The van der Waals surface area contributed by atoms with Gasteiger partial charge in [-0.2, -0.15) is 8.42 Å². The summed E-state index contributed by atoms with van der Waals surface area (Å²) in [6, 6.07) is 10.5. The van der Waals surface area contributed by atoms with Crippen LogP contribution in [0, 0.1) is 11.6 Å². The molecule has 166 valence electrons. The van der Waals surface area contributed by atoms with E-state index in [4.69, 9.17) is 4.55 Å². The summed E-state index contributed by atoms with van der Waals surface area (Å²) in [5.41, 5.74) is 2.90. The Bertz CT molecular complexity index is 1120. The maximum Gasteiger partial charge on any atom is 0.357 e. The molecule has 0 aliphatic carbocycles. The lowest BCUT2D eigenvalue weighted by Gasteiger charge is -2.17. The first-order valence-electron chi connectivity index (χ1n) is 9.69. The Hall–Kier alpha value is -2.40. The Morgan fingerprint density at radius 2 is 1.81 bits per heavy atom. The number of thiazole rings is 1. The molecule has 0 aliphatic rings. The first kappa shape index (κ1) is 23.3. The van der Waals surface area contributed by atoms with Crippen molar-refractivity contribution in [1.29, 1.82) is 0 Å². The van der Waals surface area contributed by atoms with Crippen LogP contribution in [0.25, 0.3) is 0 Å². The SMILES string of the molecule is CCc1csc([C@H](Cc2ccc(NS(=O)(=O)O)cc2)NCCc2ccc(F)c(F)c2)n1. The van der Waals surface area contributed by atoms with Crippen LogP contribution in [0.1, 0.15) is 34.8 Å². The highest BCUT2D eigenvalue weighted by atomic mass is 32.2. The van der Waals surface area contributed by atoms with Crippen molar-refractivity contribution in [2.75, 3.05) is 11.3 Å². The molecule has 31 heavy (non-hydrogen) atoms. The number of nitrogens with one attached hydrogen (secondary N) is 2. The topological polar surface area (TPSA) is 91.3 Å². The van der Waals surface area contributed by atoms with Crippen molar-refractivity contribution in [2.45, 2.75) is 32.2 Å². The lowest BCUT2D eigenvalue weighted by molar-refractivity contribution is 0.489.